The van der Waals surface area contributed by atoms with Crippen LogP contribution in [0.4, 0.5) is 5.82 Å². The van der Waals surface area contributed by atoms with E-state index in [0.717, 1.165) is 12.2 Å². The highest BCUT2D eigenvalue weighted by Crippen LogP contribution is 2.39. The monoisotopic (exact) mass is 306 g/mol. The fourth-order valence-corrected chi connectivity index (χ4v) is 3.42. The predicted octanol–water partition coefficient (Wildman–Crippen LogP) is 4.97. The van der Waals surface area contributed by atoms with Gasteiger partial charge < -0.3 is 4.90 Å². The molecule has 1 atom stereocenters. The van der Waals surface area contributed by atoms with Gasteiger partial charge in [-0.1, -0.05) is 50.3 Å². The Balaban J connectivity index is 2.06. The summed E-state index contributed by atoms with van der Waals surface area (Å²) in [7, 11) is 2.15. The Kier molecular flexibility index (Phi) is 4.01. The third-order valence-electron chi connectivity index (χ3n) is 4.87. The first-order chi connectivity index (χ1) is 10.9. The van der Waals surface area contributed by atoms with E-state index in [4.69, 9.17) is 4.98 Å². The molecular formula is C21H26N2. The molecule has 0 N–H and O–H groups in total. The van der Waals surface area contributed by atoms with Crippen molar-refractivity contribution in [1.82, 2.24) is 4.98 Å². The average molecular weight is 306 g/mol. The van der Waals surface area contributed by atoms with Crippen molar-refractivity contribution in [2.24, 2.45) is 5.92 Å². The van der Waals surface area contributed by atoms with E-state index in [0.29, 0.717) is 5.92 Å². The zero-order chi connectivity index (χ0) is 16.6. The Morgan fingerprint density at radius 2 is 1.87 bits per heavy atom. The van der Waals surface area contributed by atoms with Crippen LogP contribution in [0, 0.1) is 12.8 Å². The summed E-state index contributed by atoms with van der Waals surface area (Å²) >= 11 is 0. The first-order valence-electron chi connectivity index (χ1n) is 8.41. The average Bonchev–Trinajstić information content (AvgIpc) is 2.51. The van der Waals surface area contributed by atoms with Gasteiger partial charge in [0.1, 0.15) is 5.82 Å². The summed E-state index contributed by atoms with van der Waals surface area (Å²) < 4.78 is 0. The highest BCUT2D eigenvalue weighted by Gasteiger charge is 2.34. The quantitative estimate of drug-likeness (QED) is 0.796. The lowest BCUT2D eigenvalue weighted by molar-refractivity contribution is 0.564. The van der Waals surface area contributed by atoms with Crippen molar-refractivity contribution < 1.29 is 0 Å². The molecule has 0 aliphatic carbocycles. The lowest BCUT2D eigenvalue weighted by atomic mass is 9.84. The van der Waals surface area contributed by atoms with Crippen LogP contribution in [0.25, 0.3) is 6.08 Å². The zero-order valence-corrected chi connectivity index (χ0v) is 14.8. The lowest BCUT2D eigenvalue weighted by Gasteiger charge is -2.42. The predicted molar refractivity (Wildman–Crippen MR) is 98.7 cm³/mol. The van der Waals surface area contributed by atoms with Gasteiger partial charge >= 0.3 is 0 Å². The van der Waals surface area contributed by atoms with Gasteiger partial charge in [-0.3, -0.25) is 0 Å². The van der Waals surface area contributed by atoms with E-state index >= 15 is 0 Å². The molecule has 0 radical (unpaired) electrons. The lowest BCUT2D eigenvalue weighted by Crippen LogP contribution is -2.42. The van der Waals surface area contributed by atoms with Crippen molar-refractivity contribution >= 4 is 11.9 Å². The van der Waals surface area contributed by atoms with Crippen molar-refractivity contribution in [3.05, 3.63) is 64.9 Å². The molecule has 0 bridgehead atoms. The van der Waals surface area contributed by atoms with E-state index in [1.807, 2.05) is 0 Å². The van der Waals surface area contributed by atoms with Crippen LogP contribution in [-0.4, -0.2) is 12.0 Å². The largest absolute Gasteiger partial charge is 0.346 e. The summed E-state index contributed by atoms with van der Waals surface area (Å²) in [5.41, 5.74) is 4.86. The summed E-state index contributed by atoms with van der Waals surface area (Å²) in [5.74, 6) is 1.70. The summed E-state index contributed by atoms with van der Waals surface area (Å²) in [6.45, 7) is 8.93. The number of rotatable bonds is 3. The van der Waals surface area contributed by atoms with Crippen LogP contribution < -0.4 is 4.90 Å². The van der Waals surface area contributed by atoms with Gasteiger partial charge in [-0.15, -0.1) is 0 Å². The number of pyridine rings is 1. The van der Waals surface area contributed by atoms with E-state index in [-0.39, 0.29) is 5.54 Å². The molecule has 0 amide bonds. The number of fused-ring (bicyclic) bond motifs is 1. The molecule has 0 saturated carbocycles. The van der Waals surface area contributed by atoms with Gasteiger partial charge in [0, 0.05) is 18.3 Å². The first-order valence-corrected chi connectivity index (χ1v) is 8.41. The van der Waals surface area contributed by atoms with E-state index in [1.165, 1.54) is 22.4 Å². The third-order valence-corrected chi connectivity index (χ3v) is 4.87. The molecule has 1 unspecified atom stereocenters. The Labute approximate surface area is 139 Å². The second kappa shape index (κ2) is 5.84. The van der Waals surface area contributed by atoms with E-state index in [1.54, 1.807) is 0 Å². The number of benzene rings is 1. The molecule has 2 aromatic rings. The maximum absolute atomic E-state index is 4.96. The van der Waals surface area contributed by atoms with Gasteiger partial charge in [0.15, 0.2) is 0 Å². The molecular weight excluding hydrogens is 280 g/mol. The molecule has 0 spiro atoms. The van der Waals surface area contributed by atoms with Gasteiger partial charge in [-0.2, -0.15) is 0 Å². The van der Waals surface area contributed by atoms with Crippen LogP contribution in [0.3, 0.4) is 0 Å². The zero-order valence-electron chi connectivity index (χ0n) is 14.8. The second-order valence-corrected chi connectivity index (χ2v) is 7.17. The first kappa shape index (κ1) is 15.8. The Morgan fingerprint density at radius 3 is 2.57 bits per heavy atom. The SMILES string of the molecule is Cc1ccccc1C1(C)C=Cc2ccc(CC(C)C)nc2N1C. The molecule has 1 aromatic heterocycles. The van der Waals surface area contributed by atoms with Crippen molar-refractivity contribution in [3.8, 4) is 0 Å². The van der Waals surface area contributed by atoms with Gasteiger partial charge in [0.25, 0.3) is 0 Å². The number of likely N-dealkylation sites (N-methyl/N-ethyl adjacent to an activating group) is 1. The summed E-state index contributed by atoms with van der Waals surface area (Å²) in [5, 5.41) is 0. The Hall–Kier alpha value is -2.09. The van der Waals surface area contributed by atoms with Crippen molar-refractivity contribution in [1.29, 1.82) is 0 Å². The van der Waals surface area contributed by atoms with Crippen molar-refractivity contribution in [2.75, 3.05) is 11.9 Å². The van der Waals surface area contributed by atoms with Crippen LogP contribution in [0.5, 0.6) is 0 Å². The molecule has 1 aliphatic rings. The highest BCUT2D eigenvalue weighted by atomic mass is 15.2. The molecule has 23 heavy (non-hydrogen) atoms. The topological polar surface area (TPSA) is 16.1 Å². The molecule has 0 fully saturated rings. The van der Waals surface area contributed by atoms with E-state index in [9.17, 15) is 0 Å². The Bertz CT molecular complexity index is 745. The third kappa shape index (κ3) is 2.78. The summed E-state index contributed by atoms with van der Waals surface area (Å²) in [4.78, 5) is 7.27. The maximum Gasteiger partial charge on any atom is 0.136 e. The minimum Gasteiger partial charge on any atom is -0.346 e. The molecule has 2 heterocycles. The van der Waals surface area contributed by atoms with Crippen molar-refractivity contribution in [2.45, 2.75) is 39.7 Å². The Morgan fingerprint density at radius 1 is 1.13 bits per heavy atom. The number of hydrogen-bond donors (Lipinski definition) is 0. The minimum absolute atomic E-state index is 0.165. The summed E-state index contributed by atoms with van der Waals surface area (Å²) in [6, 6.07) is 13.0. The molecule has 1 aliphatic heterocycles. The van der Waals surface area contributed by atoms with Crippen LogP contribution in [0.2, 0.25) is 0 Å². The maximum atomic E-state index is 4.96. The number of anilines is 1. The summed E-state index contributed by atoms with van der Waals surface area (Å²) in [6.07, 6.45) is 5.53. The number of aryl methyl sites for hydroxylation is 1. The highest BCUT2D eigenvalue weighted by molar-refractivity contribution is 5.71. The molecule has 2 nitrogen and oxygen atoms in total. The molecule has 2 heteroatoms. The number of nitrogens with zero attached hydrogens (tertiary/aromatic N) is 2. The van der Waals surface area contributed by atoms with Crippen LogP contribution in [-0.2, 0) is 12.0 Å². The number of hydrogen-bond acceptors (Lipinski definition) is 2. The standard InChI is InChI=1S/C21H26N2/c1-15(2)14-18-11-10-17-12-13-21(4,23(5)20(17)22-18)19-9-7-6-8-16(19)3/h6-13,15H,14H2,1-5H3. The van der Waals surface area contributed by atoms with Crippen LogP contribution in [0.15, 0.2) is 42.5 Å². The molecule has 120 valence electrons. The van der Waals surface area contributed by atoms with E-state index < -0.39 is 0 Å². The van der Waals surface area contributed by atoms with Crippen LogP contribution >= 0.6 is 0 Å². The van der Waals surface area contributed by atoms with Gasteiger partial charge in [0.2, 0.25) is 0 Å². The smallest absolute Gasteiger partial charge is 0.136 e. The minimum atomic E-state index is -0.165. The molecule has 0 saturated heterocycles. The molecule has 1 aromatic carbocycles. The van der Waals surface area contributed by atoms with Crippen molar-refractivity contribution in [3.63, 3.8) is 0 Å². The normalized spacial score (nSPS) is 20.0. The fraction of sp³-hybridized carbons (Fsp3) is 0.381. The van der Waals surface area contributed by atoms with Crippen LogP contribution in [0.1, 0.15) is 43.2 Å². The van der Waals surface area contributed by atoms with Gasteiger partial charge in [-0.25, -0.2) is 4.98 Å². The van der Waals surface area contributed by atoms with E-state index in [2.05, 4.69) is 88.2 Å². The number of aromatic nitrogens is 1. The second-order valence-electron chi connectivity index (χ2n) is 7.17. The fourth-order valence-electron chi connectivity index (χ4n) is 3.42. The van der Waals surface area contributed by atoms with Gasteiger partial charge in [0.05, 0.1) is 5.54 Å². The van der Waals surface area contributed by atoms with Gasteiger partial charge in [-0.05, 0) is 49.4 Å². The molecule has 3 rings (SSSR count).